The van der Waals surface area contributed by atoms with Crippen molar-refractivity contribution < 1.29 is 43.2 Å². The first-order valence-electron chi connectivity index (χ1n) is 26.4. The number of likely N-dealkylation sites (tertiary alicyclic amines) is 2. The van der Waals surface area contributed by atoms with Crippen LogP contribution in [0, 0.1) is 12.3 Å². The van der Waals surface area contributed by atoms with Crippen molar-refractivity contribution in [2.24, 2.45) is 5.41 Å². The number of thiophene rings is 1. The van der Waals surface area contributed by atoms with Crippen molar-refractivity contribution in [2.75, 3.05) is 84.8 Å². The first kappa shape index (κ1) is 55.9. The number of nitrogen functional groups attached to an aromatic ring is 1. The second kappa shape index (κ2) is 27.1. The number of carbonyl (C=O) groups is 3. The molecule has 3 aromatic carbocycles. The molecule has 2 aliphatic heterocycles. The van der Waals surface area contributed by atoms with E-state index in [4.69, 9.17) is 34.5 Å². The van der Waals surface area contributed by atoms with Crippen molar-refractivity contribution in [1.82, 2.24) is 40.2 Å². The van der Waals surface area contributed by atoms with Crippen LogP contribution in [0.25, 0.3) is 32.7 Å². The molecule has 3 atom stereocenters. The number of ether oxygens (including phenoxy) is 5. The van der Waals surface area contributed by atoms with Crippen molar-refractivity contribution in [1.29, 1.82) is 0 Å². The van der Waals surface area contributed by atoms with Gasteiger partial charge in [0, 0.05) is 49.6 Å². The Labute approximate surface area is 449 Å². The predicted molar refractivity (Wildman–Crippen MR) is 293 cm³/mol. The zero-order valence-corrected chi connectivity index (χ0v) is 45.0. The summed E-state index contributed by atoms with van der Waals surface area (Å²) in [4.78, 5) is 54.4. The third-order valence-corrected chi connectivity index (χ3v) is 14.8. The first-order chi connectivity index (χ1) is 36.8. The van der Waals surface area contributed by atoms with Crippen molar-refractivity contribution in [3.8, 4) is 33.2 Å². The molecule has 8 rings (SSSR count). The number of amides is 3. The fourth-order valence-corrected chi connectivity index (χ4v) is 10.5. The molecule has 2 saturated heterocycles. The molecule has 0 radical (unpaired) electrons. The molecule has 19 heteroatoms. The molecule has 5 heterocycles. The Morgan fingerprint density at radius 1 is 0.816 bits per heavy atom. The molecule has 76 heavy (non-hydrogen) atoms. The van der Waals surface area contributed by atoms with Crippen LogP contribution >= 0.6 is 11.3 Å². The number of benzene rings is 3. The van der Waals surface area contributed by atoms with Gasteiger partial charge in [-0.2, -0.15) is 5.10 Å². The number of fused-ring (bicyclic) bond motifs is 1. The molecule has 406 valence electrons. The largest absolute Gasteiger partial charge is 0.457 e. The van der Waals surface area contributed by atoms with E-state index in [1.165, 1.54) is 21.7 Å². The number of piperidine rings is 1. The Balaban J connectivity index is 0.648. The quantitative estimate of drug-likeness (QED) is 0.0396. The SMILES string of the molecule is Cc1ccsc1-c1ccc(CNC(=O)[C@@H]2C[C@@H](O)CN2C(=O)[C@@H](NC(=O)COCCOCCOCCOCCCCN2CCC(n3nc(-c4ccc(Oc5ccccc5)cc4)c4c(N)ncnc43)CC2)C(C)(C)C)cc1. The Hall–Kier alpha value is -6.32. The Kier molecular flexibility index (Phi) is 20.0. The molecule has 2 aliphatic rings. The van der Waals surface area contributed by atoms with Gasteiger partial charge in [0.2, 0.25) is 17.7 Å². The number of hydrogen-bond acceptors (Lipinski definition) is 15. The molecule has 3 aromatic heterocycles. The number of aryl methyl sites for hydroxylation is 1. The van der Waals surface area contributed by atoms with Gasteiger partial charge in [0.05, 0.1) is 57.2 Å². The van der Waals surface area contributed by atoms with E-state index in [2.05, 4.69) is 43.9 Å². The van der Waals surface area contributed by atoms with Crippen LogP contribution in [-0.2, 0) is 39.9 Å². The van der Waals surface area contributed by atoms with E-state index in [-0.39, 0.29) is 51.3 Å². The van der Waals surface area contributed by atoms with E-state index >= 15 is 0 Å². The van der Waals surface area contributed by atoms with Crippen molar-refractivity contribution >= 4 is 45.9 Å². The predicted octanol–water partition coefficient (Wildman–Crippen LogP) is 7.20. The van der Waals surface area contributed by atoms with Gasteiger partial charge in [-0.15, -0.1) is 11.3 Å². The highest BCUT2D eigenvalue weighted by atomic mass is 32.1. The summed E-state index contributed by atoms with van der Waals surface area (Å²) in [6.07, 6.45) is 4.67. The molecule has 3 amide bonds. The highest BCUT2D eigenvalue weighted by Gasteiger charge is 2.44. The lowest BCUT2D eigenvalue weighted by Gasteiger charge is -2.35. The Bertz CT molecular complexity index is 2800. The molecule has 18 nitrogen and oxygen atoms in total. The third kappa shape index (κ3) is 15.2. The molecule has 0 saturated carbocycles. The topological polar surface area (TPSA) is 218 Å². The number of rotatable bonds is 26. The van der Waals surface area contributed by atoms with Crippen molar-refractivity contribution in [3.63, 3.8) is 0 Å². The van der Waals surface area contributed by atoms with Gasteiger partial charge in [-0.3, -0.25) is 14.4 Å². The highest BCUT2D eigenvalue weighted by molar-refractivity contribution is 7.13. The van der Waals surface area contributed by atoms with E-state index < -0.39 is 35.4 Å². The van der Waals surface area contributed by atoms with Gasteiger partial charge in [-0.1, -0.05) is 63.2 Å². The van der Waals surface area contributed by atoms with Gasteiger partial charge < -0.3 is 55.0 Å². The van der Waals surface area contributed by atoms with E-state index in [0.717, 1.165) is 90.2 Å². The second-order valence-electron chi connectivity index (χ2n) is 20.5. The number of aliphatic hydroxyl groups is 1. The average molecular weight is 1060 g/mol. The summed E-state index contributed by atoms with van der Waals surface area (Å²) < 4.78 is 30.7. The molecule has 0 aliphatic carbocycles. The average Bonchev–Trinajstić information content (AvgIpc) is 4.16. The summed E-state index contributed by atoms with van der Waals surface area (Å²) >= 11 is 1.69. The normalized spacial score (nSPS) is 16.8. The zero-order valence-electron chi connectivity index (χ0n) is 44.2. The number of β-amino-alcohol motifs (C(OH)–C–C–N with tert-alkyl or cyclic N) is 1. The maximum Gasteiger partial charge on any atom is 0.246 e. The van der Waals surface area contributed by atoms with Crippen LogP contribution in [0.15, 0.2) is 96.6 Å². The minimum atomic E-state index is -0.952. The highest BCUT2D eigenvalue weighted by Crippen LogP contribution is 2.36. The molecule has 2 fully saturated rings. The number of aliphatic hydroxyl groups excluding tert-OH is 1. The molecule has 5 N–H and O–H groups in total. The van der Waals surface area contributed by atoms with Gasteiger partial charge >= 0.3 is 0 Å². The van der Waals surface area contributed by atoms with Crippen LogP contribution in [0.3, 0.4) is 0 Å². The van der Waals surface area contributed by atoms with Crippen molar-refractivity contribution in [3.05, 3.63) is 108 Å². The number of unbranched alkanes of at least 4 members (excludes halogenated alkanes) is 1. The Morgan fingerprint density at radius 3 is 2.14 bits per heavy atom. The summed E-state index contributed by atoms with van der Waals surface area (Å²) in [6, 6.07) is 26.0. The van der Waals surface area contributed by atoms with E-state index in [1.807, 2.05) is 104 Å². The third-order valence-electron chi connectivity index (χ3n) is 13.7. The zero-order chi connectivity index (χ0) is 53.4. The maximum absolute atomic E-state index is 14.0. The van der Waals surface area contributed by atoms with Crippen LogP contribution in [-0.4, -0.2) is 150 Å². The Morgan fingerprint density at radius 2 is 1.47 bits per heavy atom. The number of anilines is 1. The molecule has 0 unspecified atom stereocenters. The fraction of sp³-hybridized carbons (Fsp3) is 0.474. The summed E-state index contributed by atoms with van der Waals surface area (Å²) in [5.74, 6) is 0.674. The van der Waals surface area contributed by atoms with Gasteiger partial charge in [0.25, 0.3) is 0 Å². The van der Waals surface area contributed by atoms with Crippen LogP contribution in [0.2, 0.25) is 0 Å². The van der Waals surface area contributed by atoms with Gasteiger partial charge in [0.15, 0.2) is 5.65 Å². The molecular formula is C57H73N9O9S. The van der Waals surface area contributed by atoms with Crippen LogP contribution in [0.5, 0.6) is 11.5 Å². The molecule has 0 bridgehead atoms. The minimum absolute atomic E-state index is 0.00511. The standard InChI is InChI=1S/C57H73N9O9S/c1-39-22-33-76-51(39)42-14-12-40(13-15-42)35-59-55(69)47-34-44(67)36-65(47)56(70)52(57(2,3)4)62-48(68)37-74-32-31-73-30-29-72-28-27-71-26-9-8-23-64-24-20-43(21-25-64)66-54-49(53(58)60-38-61-54)50(63-66)41-16-18-46(19-17-41)75-45-10-6-5-7-11-45/h5-7,10-19,22,33,38,43-44,47,52,67H,8-9,20-21,23-32,34-37H2,1-4H3,(H,59,69)(H,62,68)(H2,58,60,61)/t44-,47+,52-/m1/s1. The molecular weight excluding hydrogens is 987 g/mol. The lowest BCUT2D eigenvalue weighted by atomic mass is 9.85. The minimum Gasteiger partial charge on any atom is -0.457 e. The number of aromatic nitrogens is 4. The summed E-state index contributed by atoms with van der Waals surface area (Å²) in [6.45, 7) is 13.4. The van der Waals surface area contributed by atoms with E-state index in [1.54, 1.807) is 11.3 Å². The van der Waals surface area contributed by atoms with Gasteiger partial charge in [0.1, 0.15) is 48.0 Å². The van der Waals surface area contributed by atoms with Crippen LogP contribution in [0.1, 0.15) is 70.0 Å². The van der Waals surface area contributed by atoms with Crippen LogP contribution in [0.4, 0.5) is 5.82 Å². The van der Waals surface area contributed by atoms with Crippen LogP contribution < -0.4 is 21.1 Å². The molecule has 0 spiro atoms. The molecule has 6 aromatic rings. The summed E-state index contributed by atoms with van der Waals surface area (Å²) in [5, 5.41) is 24.2. The number of nitrogens with one attached hydrogen (secondary N) is 2. The van der Waals surface area contributed by atoms with E-state index in [0.29, 0.717) is 38.9 Å². The van der Waals surface area contributed by atoms with E-state index in [9.17, 15) is 19.5 Å². The summed E-state index contributed by atoms with van der Waals surface area (Å²) in [5.41, 5.74) is 11.4. The smallest absolute Gasteiger partial charge is 0.246 e. The number of nitrogens with two attached hydrogens (primary N) is 1. The fourth-order valence-electron chi connectivity index (χ4n) is 9.58. The maximum atomic E-state index is 14.0. The number of hydrogen-bond donors (Lipinski definition) is 4. The number of carbonyl (C=O) groups excluding carboxylic acids is 3. The number of para-hydroxylation sites is 1. The monoisotopic (exact) mass is 1060 g/mol. The van der Waals surface area contributed by atoms with Gasteiger partial charge in [-0.05, 0) is 109 Å². The lowest BCUT2D eigenvalue weighted by Crippen LogP contribution is -2.58. The van der Waals surface area contributed by atoms with Gasteiger partial charge in [-0.25, -0.2) is 14.6 Å². The lowest BCUT2D eigenvalue weighted by molar-refractivity contribution is -0.144. The number of nitrogens with zero attached hydrogens (tertiary/aromatic N) is 6. The second-order valence-corrected chi connectivity index (χ2v) is 21.4. The van der Waals surface area contributed by atoms with Crippen molar-refractivity contribution in [2.45, 2.75) is 90.6 Å². The summed E-state index contributed by atoms with van der Waals surface area (Å²) in [7, 11) is 0. The first-order valence-corrected chi connectivity index (χ1v) is 27.2.